The van der Waals surface area contributed by atoms with E-state index in [-0.39, 0.29) is 6.04 Å². The molecule has 1 N–H and O–H groups in total. The van der Waals surface area contributed by atoms with Gasteiger partial charge in [0.25, 0.3) is 0 Å². The number of halogens is 2. The molecule has 1 aromatic carbocycles. The van der Waals surface area contributed by atoms with Gasteiger partial charge in [-0.3, -0.25) is 0 Å². The van der Waals surface area contributed by atoms with Gasteiger partial charge in [-0.1, -0.05) is 29.3 Å². The number of hydrogen-bond acceptors (Lipinski definition) is 2. The van der Waals surface area contributed by atoms with E-state index in [0.29, 0.717) is 10.0 Å². The molecule has 0 fully saturated rings. The van der Waals surface area contributed by atoms with Gasteiger partial charge < -0.3 is 9.73 Å². The number of furan rings is 1. The van der Waals surface area contributed by atoms with Crippen molar-refractivity contribution in [1.82, 2.24) is 5.32 Å². The Hall–Kier alpha value is -0.960. The maximum absolute atomic E-state index is 6.00. The molecule has 0 amide bonds. The Morgan fingerprint density at radius 2 is 2.06 bits per heavy atom. The van der Waals surface area contributed by atoms with Crippen LogP contribution in [0.5, 0.6) is 0 Å². The summed E-state index contributed by atoms with van der Waals surface area (Å²) in [4.78, 5) is 0. The third-order valence-corrected chi connectivity index (χ3v) is 3.58. The zero-order valence-electron chi connectivity index (χ0n) is 10.1. The molecule has 1 aromatic heterocycles. The fourth-order valence-corrected chi connectivity index (χ4v) is 2.07. The van der Waals surface area contributed by atoms with Gasteiger partial charge in [0.15, 0.2) is 0 Å². The molecular formula is C14H15Cl2NO. The molecule has 0 aliphatic carbocycles. The molecule has 2 nitrogen and oxygen atoms in total. The minimum Gasteiger partial charge on any atom is -0.469 e. The van der Waals surface area contributed by atoms with Crippen molar-refractivity contribution in [2.24, 2.45) is 0 Å². The molecule has 0 spiro atoms. The summed E-state index contributed by atoms with van der Waals surface area (Å²) < 4.78 is 5.28. The average molecular weight is 284 g/mol. The van der Waals surface area contributed by atoms with Crippen LogP contribution in [0, 0.1) is 0 Å². The maximum Gasteiger partial charge on any atom is 0.105 e. The van der Waals surface area contributed by atoms with Crippen LogP contribution >= 0.6 is 23.2 Å². The fraction of sp³-hybridized carbons (Fsp3) is 0.286. The molecule has 4 heteroatoms. The second kappa shape index (κ2) is 6.28. The summed E-state index contributed by atoms with van der Waals surface area (Å²) >= 11 is 11.9. The predicted molar refractivity (Wildman–Crippen MR) is 75.3 cm³/mol. The lowest BCUT2D eigenvalue weighted by Crippen LogP contribution is -2.21. The van der Waals surface area contributed by atoms with Crippen molar-refractivity contribution in [1.29, 1.82) is 0 Å². The Labute approximate surface area is 117 Å². The SMILES string of the molecule is CC(NCCc1ccco1)c1ccc(Cl)c(Cl)c1. The lowest BCUT2D eigenvalue weighted by molar-refractivity contribution is 0.486. The van der Waals surface area contributed by atoms with Crippen molar-refractivity contribution in [2.45, 2.75) is 19.4 Å². The Kier molecular flexibility index (Phi) is 4.70. The summed E-state index contributed by atoms with van der Waals surface area (Å²) in [6.45, 7) is 2.95. The van der Waals surface area contributed by atoms with Crippen LogP contribution in [0.3, 0.4) is 0 Å². The number of hydrogen-bond donors (Lipinski definition) is 1. The van der Waals surface area contributed by atoms with E-state index in [4.69, 9.17) is 27.6 Å². The third-order valence-electron chi connectivity index (χ3n) is 2.85. The molecule has 0 saturated heterocycles. The van der Waals surface area contributed by atoms with E-state index in [9.17, 15) is 0 Å². The number of benzene rings is 1. The summed E-state index contributed by atoms with van der Waals surface area (Å²) in [5, 5.41) is 4.60. The second-order valence-corrected chi connectivity index (χ2v) is 4.99. The molecule has 1 atom stereocenters. The summed E-state index contributed by atoms with van der Waals surface area (Å²) in [7, 11) is 0. The normalized spacial score (nSPS) is 12.6. The van der Waals surface area contributed by atoms with E-state index in [0.717, 1.165) is 24.3 Å². The molecule has 2 rings (SSSR count). The van der Waals surface area contributed by atoms with Gasteiger partial charge in [-0.15, -0.1) is 0 Å². The fourth-order valence-electron chi connectivity index (χ4n) is 1.77. The van der Waals surface area contributed by atoms with Crippen LogP contribution in [-0.2, 0) is 6.42 Å². The largest absolute Gasteiger partial charge is 0.469 e. The van der Waals surface area contributed by atoms with Gasteiger partial charge >= 0.3 is 0 Å². The molecule has 2 aromatic rings. The molecular weight excluding hydrogens is 269 g/mol. The minimum atomic E-state index is 0.231. The van der Waals surface area contributed by atoms with Gasteiger partial charge in [0.05, 0.1) is 16.3 Å². The van der Waals surface area contributed by atoms with Gasteiger partial charge in [0, 0.05) is 19.0 Å². The zero-order chi connectivity index (χ0) is 13.0. The van der Waals surface area contributed by atoms with E-state index >= 15 is 0 Å². The molecule has 1 heterocycles. The minimum absolute atomic E-state index is 0.231. The number of rotatable bonds is 5. The van der Waals surface area contributed by atoms with E-state index in [2.05, 4.69) is 12.2 Å². The van der Waals surface area contributed by atoms with Gasteiger partial charge in [0.1, 0.15) is 5.76 Å². The molecule has 18 heavy (non-hydrogen) atoms. The first-order valence-corrected chi connectivity index (χ1v) is 6.63. The van der Waals surface area contributed by atoms with Crippen LogP contribution in [0.25, 0.3) is 0 Å². The molecule has 1 unspecified atom stereocenters. The summed E-state index contributed by atoms with van der Waals surface area (Å²) in [5.41, 5.74) is 1.13. The van der Waals surface area contributed by atoms with Crippen LogP contribution < -0.4 is 5.32 Å². The summed E-state index contributed by atoms with van der Waals surface area (Å²) in [6, 6.07) is 9.81. The first-order chi connectivity index (χ1) is 8.66. The van der Waals surface area contributed by atoms with Crippen molar-refractivity contribution in [3.8, 4) is 0 Å². The second-order valence-electron chi connectivity index (χ2n) is 4.18. The Morgan fingerprint density at radius 3 is 2.72 bits per heavy atom. The highest BCUT2D eigenvalue weighted by Crippen LogP contribution is 2.25. The van der Waals surface area contributed by atoms with Gasteiger partial charge in [-0.2, -0.15) is 0 Å². The first-order valence-electron chi connectivity index (χ1n) is 5.87. The lowest BCUT2D eigenvalue weighted by atomic mass is 10.1. The Morgan fingerprint density at radius 1 is 1.22 bits per heavy atom. The molecule has 0 aliphatic heterocycles. The third kappa shape index (κ3) is 3.52. The molecule has 0 radical (unpaired) electrons. The van der Waals surface area contributed by atoms with E-state index in [1.165, 1.54) is 0 Å². The van der Waals surface area contributed by atoms with Crippen LogP contribution in [0.1, 0.15) is 24.3 Å². The maximum atomic E-state index is 6.00. The molecule has 0 aliphatic rings. The Bertz CT molecular complexity index is 497. The van der Waals surface area contributed by atoms with E-state index in [1.807, 2.05) is 30.3 Å². The van der Waals surface area contributed by atoms with Crippen LogP contribution in [0.15, 0.2) is 41.0 Å². The first kappa shape index (κ1) is 13.5. The Balaban J connectivity index is 1.87. The predicted octanol–water partition coefficient (Wildman–Crippen LogP) is 4.48. The van der Waals surface area contributed by atoms with Gasteiger partial charge in [0.2, 0.25) is 0 Å². The smallest absolute Gasteiger partial charge is 0.105 e. The highest BCUT2D eigenvalue weighted by atomic mass is 35.5. The molecule has 0 saturated carbocycles. The average Bonchev–Trinajstić information content (AvgIpc) is 2.85. The summed E-state index contributed by atoms with van der Waals surface area (Å²) in [6.07, 6.45) is 2.57. The van der Waals surface area contributed by atoms with Crippen molar-refractivity contribution < 1.29 is 4.42 Å². The zero-order valence-corrected chi connectivity index (χ0v) is 11.6. The van der Waals surface area contributed by atoms with E-state index in [1.54, 1.807) is 6.26 Å². The van der Waals surface area contributed by atoms with Gasteiger partial charge in [-0.25, -0.2) is 0 Å². The van der Waals surface area contributed by atoms with Crippen LogP contribution in [-0.4, -0.2) is 6.54 Å². The van der Waals surface area contributed by atoms with E-state index < -0.39 is 0 Å². The quantitative estimate of drug-likeness (QED) is 0.875. The monoisotopic (exact) mass is 283 g/mol. The van der Waals surface area contributed by atoms with Crippen molar-refractivity contribution in [3.05, 3.63) is 58.0 Å². The van der Waals surface area contributed by atoms with Crippen molar-refractivity contribution in [3.63, 3.8) is 0 Å². The standard InChI is InChI=1S/C14H15Cl2NO/c1-10(11-4-5-13(15)14(16)9-11)17-7-6-12-3-2-8-18-12/h2-5,8-10,17H,6-7H2,1H3. The topological polar surface area (TPSA) is 25.2 Å². The summed E-state index contributed by atoms with van der Waals surface area (Å²) in [5.74, 6) is 0.990. The lowest BCUT2D eigenvalue weighted by Gasteiger charge is -2.14. The molecule has 0 bridgehead atoms. The van der Waals surface area contributed by atoms with Crippen LogP contribution in [0.2, 0.25) is 10.0 Å². The van der Waals surface area contributed by atoms with Gasteiger partial charge in [-0.05, 0) is 36.8 Å². The van der Waals surface area contributed by atoms with Crippen LogP contribution in [0.4, 0.5) is 0 Å². The van der Waals surface area contributed by atoms with Crippen molar-refractivity contribution in [2.75, 3.05) is 6.54 Å². The highest BCUT2D eigenvalue weighted by molar-refractivity contribution is 6.42. The number of nitrogens with one attached hydrogen (secondary N) is 1. The molecule has 96 valence electrons. The highest BCUT2D eigenvalue weighted by Gasteiger charge is 2.07. The van der Waals surface area contributed by atoms with Crippen molar-refractivity contribution >= 4 is 23.2 Å².